The minimum absolute atomic E-state index is 0.00440. The number of carbonyl (C=O) groups is 2. The van der Waals surface area contributed by atoms with Crippen molar-refractivity contribution in [3.05, 3.63) is 23.9 Å². The van der Waals surface area contributed by atoms with Crippen molar-refractivity contribution in [2.45, 2.75) is 18.9 Å². The number of aromatic nitrogens is 1. The maximum atomic E-state index is 12.3. The van der Waals surface area contributed by atoms with E-state index < -0.39 is 5.91 Å². The number of primary amides is 1. The van der Waals surface area contributed by atoms with Gasteiger partial charge in [-0.05, 0) is 25.0 Å². The number of rotatable bonds is 3. The number of piperidine rings is 1. The summed E-state index contributed by atoms with van der Waals surface area (Å²) in [6, 6.07) is 3.42. The van der Waals surface area contributed by atoms with Crippen LogP contribution < -0.4 is 10.6 Å². The zero-order chi connectivity index (χ0) is 16.4. The van der Waals surface area contributed by atoms with Crippen LogP contribution in [0.5, 0.6) is 0 Å². The van der Waals surface area contributed by atoms with E-state index in [4.69, 9.17) is 5.73 Å². The number of pyridine rings is 1. The Morgan fingerprint density at radius 1 is 1.26 bits per heavy atom. The van der Waals surface area contributed by atoms with Crippen molar-refractivity contribution in [1.82, 2.24) is 14.8 Å². The Morgan fingerprint density at radius 2 is 2.00 bits per heavy atom. The summed E-state index contributed by atoms with van der Waals surface area (Å²) in [6.07, 6.45) is 3.66. The summed E-state index contributed by atoms with van der Waals surface area (Å²) in [5, 5.41) is 0. The molecular formula is C16H23N5O2. The normalized spacial score (nSPS) is 23.2. The van der Waals surface area contributed by atoms with Crippen molar-refractivity contribution in [3.63, 3.8) is 0 Å². The van der Waals surface area contributed by atoms with E-state index in [0.29, 0.717) is 11.4 Å². The number of hydrogen-bond donors (Lipinski definition) is 1. The highest BCUT2D eigenvalue weighted by Crippen LogP contribution is 2.22. The zero-order valence-corrected chi connectivity index (χ0v) is 13.4. The number of amides is 2. The van der Waals surface area contributed by atoms with Gasteiger partial charge in [0, 0.05) is 46.0 Å². The monoisotopic (exact) mass is 317 g/mol. The van der Waals surface area contributed by atoms with Crippen molar-refractivity contribution < 1.29 is 9.59 Å². The van der Waals surface area contributed by atoms with E-state index in [0.717, 1.165) is 45.6 Å². The Balaban J connectivity index is 1.67. The lowest BCUT2D eigenvalue weighted by Gasteiger charge is -2.42. The second-order valence-electron chi connectivity index (χ2n) is 6.18. The standard InChI is InChI=1S/C16H23N5O2/c1-19-7-3-5-13(16(19)23)20-8-10-21(11-9-20)15-12(14(17)22)4-2-6-18-15/h2,4,6,13H,3,5,7-11H2,1H3,(H2,17,22). The molecule has 1 aromatic heterocycles. The summed E-state index contributed by atoms with van der Waals surface area (Å²) in [5.74, 6) is 0.409. The lowest BCUT2D eigenvalue weighted by molar-refractivity contribution is -0.138. The maximum Gasteiger partial charge on any atom is 0.252 e. The van der Waals surface area contributed by atoms with Crippen LogP contribution in [0.4, 0.5) is 5.82 Å². The molecule has 7 heteroatoms. The highest BCUT2D eigenvalue weighted by Gasteiger charge is 2.33. The van der Waals surface area contributed by atoms with Crippen LogP contribution in [0.3, 0.4) is 0 Å². The molecule has 1 atom stereocenters. The third-order valence-corrected chi connectivity index (χ3v) is 4.74. The molecule has 2 amide bonds. The molecule has 0 bridgehead atoms. The van der Waals surface area contributed by atoms with Crippen molar-refractivity contribution in [2.75, 3.05) is 44.7 Å². The van der Waals surface area contributed by atoms with Crippen LogP contribution in [0, 0.1) is 0 Å². The van der Waals surface area contributed by atoms with E-state index in [1.54, 1.807) is 18.3 Å². The van der Waals surface area contributed by atoms with E-state index in [9.17, 15) is 9.59 Å². The molecule has 23 heavy (non-hydrogen) atoms. The van der Waals surface area contributed by atoms with E-state index >= 15 is 0 Å². The number of hydrogen-bond acceptors (Lipinski definition) is 5. The van der Waals surface area contributed by atoms with Crippen molar-refractivity contribution in [3.8, 4) is 0 Å². The van der Waals surface area contributed by atoms with E-state index in [2.05, 4.69) is 14.8 Å². The zero-order valence-electron chi connectivity index (χ0n) is 13.4. The van der Waals surface area contributed by atoms with Gasteiger partial charge in [0.1, 0.15) is 5.82 Å². The first-order valence-electron chi connectivity index (χ1n) is 8.06. The summed E-state index contributed by atoms with van der Waals surface area (Å²) in [5.41, 5.74) is 5.89. The second-order valence-corrected chi connectivity index (χ2v) is 6.18. The van der Waals surface area contributed by atoms with Crippen LogP contribution in [-0.4, -0.2) is 72.4 Å². The molecule has 3 heterocycles. The van der Waals surface area contributed by atoms with Gasteiger partial charge in [-0.1, -0.05) is 0 Å². The number of nitrogens with zero attached hydrogens (tertiary/aromatic N) is 4. The van der Waals surface area contributed by atoms with Gasteiger partial charge < -0.3 is 15.5 Å². The SMILES string of the molecule is CN1CCCC(N2CCN(c3ncccc3C(N)=O)CC2)C1=O. The third kappa shape index (κ3) is 3.14. The molecule has 2 N–H and O–H groups in total. The minimum Gasteiger partial charge on any atom is -0.365 e. The fraction of sp³-hybridized carbons (Fsp3) is 0.562. The molecule has 1 aromatic rings. The first-order chi connectivity index (χ1) is 11.1. The number of carbonyl (C=O) groups excluding carboxylic acids is 2. The summed E-state index contributed by atoms with van der Waals surface area (Å²) in [6.45, 7) is 3.92. The van der Waals surface area contributed by atoms with Crippen LogP contribution in [0.25, 0.3) is 0 Å². The van der Waals surface area contributed by atoms with Gasteiger partial charge >= 0.3 is 0 Å². The Labute approximate surface area is 136 Å². The van der Waals surface area contributed by atoms with Gasteiger partial charge in [0.05, 0.1) is 11.6 Å². The molecule has 2 saturated heterocycles. The van der Waals surface area contributed by atoms with Crippen LogP contribution in [0.15, 0.2) is 18.3 Å². The number of likely N-dealkylation sites (N-methyl/N-ethyl adjacent to an activating group) is 1. The average molecular weight is 317 g/mol. The largest absolute Gasteiger partial charge is 0.365 e. The number of anilines is 1. The van der Waals surface area contributed by atoms with E-state index in [1.165, 1.54) is 0 Å². The smallest absolute Gasteiger partial charge is 0.252 e. The molecule has 2 aliphatic rings. The summed E-state index contributed by atoms with van der Waals surface area (Å²) < 4.78 is 0. The van der Waals surface area contributed by atoms with Crippen molar-refractivity contribution >= 4 is 17.6 Å². The molecule has 0 aliphatic carbocycles. The van der Waals surface area contributed by atoms with Crippen molar-refractivity contribution in [1.29, 1.82) is 0 Å². The lowest BCUT2D eigenvalue weighted by Crippen LogP contribution is -2.57. The molecule has 3 rings (SSSR count). The number of likely N-dealkylation sites (tertiary alicyclic amines) is 1. The van der Waals surface area contributed by atoms with Crippen LogP contribution in [0.2, 0.25) is 0 Å². The fourth-order valence-corrected chi connectivity index (χ4v) is 3.44. The Morgan fingerprint density at radius 3 is 2.70 bits per heavy atom. The van der Waals surface area contributed by atoms with Crippen molar-refractivity contribution in [2.24, 2.45) is 5.73 Å². The second kappa shape index (κ2) is 6.54. The first kappa shape index (κ1) is 15.7. The highest BCUT2D eigenvalue weighted by molar-refractivity contribution is 5.97. The molecule has 7 nitrogen and oxygen atoms in total. The fourth-order valence-electron chi connectivity index (χ4n) is 3.44. The van der Waals surface area contributed by atoms with E-state index in [1.807, 2.05) is 11.9 Å². The Bertz CT molecular complexity index is 598. The summed E-state index contributed by atoms with van der Waals surface area (Å²) in [4.78, 5) is 34.3. The van der Waals surface area contributed by atoms with Gasteiger partial charge in [0.25, 0.3) is 5.91 Å². The molecule has 2 fully saturated rings. The van der Waals surface area contributed by atoms with Crippen LogP contribution in [-0.2, 0) is 4.79 Å². The average Bonchev–Trinajstić information content (AvgIpc) is 2.57. The highest BCUT2D eigenvalue weighted by atomic mass is 16.2. The lowest BCUT2D eigenvalue weighted by atomic mass is 10.0. The molecule has 2 aliphatic heterocycles. The van der Waals surface area contributed by atoms with Crippen LogP contribution in [0.1, 0.15) is 23.2 Å². The first-order valence-corrected chi connectivity index (χ1v) is 8.06. The summed E-state index contributed by atoms with van der Waals surface area (Å²) >= 11 is 0. The maximum absolute atomic E-state index is 12.3. The minimum atomic E-state index is -0.459. The van der Waals surface area contributed by atoms with Crippen LogP contribution >= 0.6 is 0 Å². The Kier molecular flexibility index (Phi) is 4.47. The third-order valence-electron chi connectivity index (χ3n) is 4.74. The topological polar surface area (TPSA) is 82.8 Å². The quantitative estimate of drug-likeness (QED) is 0.843. The van der Waals surface area contributed by atoms with Gasteiger partial charge in [-0.25, -0.2) is 4.98 Å². The molecule has 0 saturated carbocycles. The molecule has 0 spiro atoms. The van der Waals surface area contributed by atoms with Gasteiger partial charge in [-0.3, -0.25) is 14.5 Å². The Hall–Kier alpha value is -2.15. The molecule has 0 radical (unpaired) electrons. The molecule has 0 aromatic carbocycles. The van der Waals surface area contributed by atoms with E-state index in [-0.39, 0.29) is 11.9 Å². The number of nitrogens with two attached hydrogens (primary N) is 1. The molecule has 124 valence electrons. The van der Waals surface area contributed by atoms with Gasteiger partial charge in [0.2, 0.25) is 5.91 Å². The number of piperazine rings is 1. The summed E-state index contributed by atoms with van der Waals surface area (Å²) in [7, 11) is 1.87. The molecule has 1 unspecified atom stereocenters. The predicted molar refractivity (Wildman–Crippen MR) is 87.2 cm³/mol. The predicted octanol–water partition coefficient (Wildman–Crippen LogP) is -0.0767. The van der Waals surface area contributed by atoms with Gasteiger partial charge in [0.15, 0.2) is 0 Å². The van der Waals surface area contributed by atoms with Gasteiger partial charge in [-0.2, -0.15) is 0 Å². The molecular weight excluding hydrogens is 294 g/mol. The van der Waals surface area contributed by atoms with Gasteiger partial charge in [-0.15, -0.1) is 0 Å².